The zero-order valence-corrected chi connectivity index (χ0v) is 24.7. The van der Waals surface area contributed by atoms with Crippen LogP contribution in [0, 0.1) is 0 Å². The summed E-state index contributed by atoms with van der Waals surface area (Å²) in [5.41, 5.74) is 0. The Balaban J connectivity index is 3.88. The third-order valence-electron chi connectivity index (χ3n) is 5.86. The van der Waals surface area contributed by atoms with E-state index >= 15 is 0 Å². The van der Waals surface area contributed by atoms with Gasteiger partial charge in [0.15, 0.2) is 6.10 Å². The van der Waals surface area contributed by atoms with E-state index in [9.17, 15) is 14.3 Å². The van der Waals surface area contributed by atoms with Crippen molar-refractivity contribution in [2.75, 3.05) is 61.2 Å². The van der Waals surface area contributed by atoms with Crippen molar-refractivity contribution in [3.05, 3.63) is 0 Å². The molecule has 0 rings (SSSR count). The number of rotatable bonds is 25. The largest absolute Gasteiger partial charge is 0.472 e. The number of phosphoric acid groups is 1. The lowest BCUT2D eigenvalue weighted by Gasteiger charge is -2.24. The van der Waals surface area contributed by atoms with E-state index in [2.05, 4.69) is 12.2 Å². The second-order valence-electron chi connectivity index (χ2n) is 10.6. The fraction of sp³-hybridized carbons (Fsp3) is 0.962. The Labute approximate surface area is 220 Å². The number of hydrogen-bond donors (Lipinski definition) is 2. The first-order chi connectivity index (χ1) is 17.1. The van der Waals surface area contributed by atoms with Crippen LogP contribution in [-0.2, 0) is 23.1 Å². The van der Waals surface area contributed by atoms with Gasteiger partial charge in [0.05, 0.1) is 34.4 Å². The first-order valence-electron chi connectivity index (χ1n) is 14.0. The molecule has 2 atom stereocenters. The van der Waals surface area contributed by atoms with Crippen molar-refractivity contribution in [3.8, 4) is 0 Å². The lowest BCUT2D eigenvalue weighted by Crippen LogP contribution is -2.37. The van der Waals surface area contributed by atoms with E-state index < -0.39 is 20.0 Å². The number of amides is 1. The summed E-state index contributed by atoms with van der Waals surface area (Å²) in [6.45, 7) is 3.23. The van der Waals surface area contributed by atoms with E-state index in [1.165, 1.54) is 84.1 Å². The minimum Gasteiger partial charge on any atom is -0.441 e. The summed E-state index contributed by atoms with van der Waals surface area (Å²) < 4.78 is 33.5. The first kappa shape index (κ1) is 35.3. The fourth-order valence-electron chi connectivity index (χ4n) is 3.58. The Morgan fingerprint density at radius 2 is 1.31 bits per heavy atom. The highest BCUT2D eigenvalue weighted by molar-refractivity contribution is 7.47. The average molecular weight is 540 g/mol. The van der Waals surface area contributed by atoms with Crippen LogP contribution in [0.25, 0.3) is 0 Å². The Hall–Kier alpha value is -0.700. The van der Waals surface area contributed by atoms with E-state index in [0.29, 0.717) is 17.6 Å². The van der Waals surface area contributed by atoms with Crippen LogP contribution in [0.2, 0.25) is 0 Å². The molecule has 216 valence electrons. The van der Waals surface area contributed by atoms with Crippen LogP contribution in [0.4, 0.5) is 4.79 Å². The number of likely N-dealkylation sites (N-methyl/N-ethyl adjacent to an activating group) is 1. The Morgan fingerprint density at radius 1 is 0.806 bits per heavy atom. The molecule has 0 aliphatic heterocycles. The highest BCUT2D eigenvalue weighted by atomic mass is 31.2. The summed E-state index contributed by atoms with van der Waals surface area (Å²) in [5.74, 6) is 0. The van der Waals surface area contributed by atoms with Gasteiger partial charge >= 0.3 is 13.9 Å². The van der Waals surface area contributed by atoms with Gasteiger partial charge in [-0.15, -0.1) is 0 Å². The average Bonchev–Trinajstić information content (AvgIpc) is 2.81. The molecular weight excluding hydrogens is 483 g/mol. The predicted octanol–water partition coefficient (Wildman–Crippen LogP) is 6.05. The van der Waals surface area contributed by atoms with Crippen molar-refractivity contribution >= 4 is 13.9 Å². The van der Waals surface area contributed by atoms with Gasteiger partial charge in [0.2, 0.25) is 0 Å². The predicted molar refractivity (Wildman–Crippen MR) is 145 cm³/mol. The molecule has 0 aliphatic carbocycles. The Morgan fingerprint density at radius 3 is 1.78 bits per heavy atom. The smallest absolute Gasteiger partial charge is 0.441 e. The number of quaternary nitrogens is 1. The van der Waals surface area contributed by atoms with Crippen LogP contribution < -0.4 is 5.32 Å². The molecule has 2 N–H and O–H groups in total. The number of carbonyl (C=O) groups excluding carboxylic acids is 1. The molecule has 0 aromatic heterocycles. The number of carbonyl (C=O) groups is 1. The maximum absolute atomic E-state index is 12.1. The molecule has 2 unspecified atom stereocenters. The number of hydrogen-bond acceptors (Lipinski definition) is 6. The van der Waals surface area contributed by atoms with Gasteiger partial charge in [-0.2, -0.15) is 0 Å². The van der Waals surface area contributed by atoms with Crippen LogP contribution in [0.3, 0.4) is 0 Å². The number of unbranched alkanes of at least 4 members (excludes halogenated alkanes) is 13. The zero-order valence-electron chi connectivity index (χ0n) is 23.8. The molecule has 36 heavy (non-hydrogen) atoms. The van der Waals surface area contributed by atoms with Crippen molar-refractivity contribution in [1.82, 2.24) is 5.32 Å². The first-order valence-corrected chi connectivity index (χ1v) is 15.5. The van der Waals surface area contributed by atoms with Crippen LogP contribution in [0.1, 0.15) is 96.8 Å². The van der Waals surface area contributed by atoms with Crippen LogP contribution in [0.5, 0.6) is 0 Å². The molecular formula is C26H56N2O7P+. The number of phosphoric ester groups is 1. The SMILES string of the molecule is CCCCCCCCCCCCCCCCOCC(COP(=O)(O)OCC[N+](C)(C)C)OC(=O)NC. The summed E-state index contributed by atoms with van der Waals surface area (Å²) in [5, 5.41) is 2.36. The minimum atomic E-state index is -4.24. The second kappa shape index (κ2) is 22.3. The van der Waals surface area contributed by atoms with Gasteiger partial charge in [-0.25, -0.2) is 9.36 Å². The lowest BCUT2D eigenvalue weighted by atomic mass is 10.0. The molecule has 0 spiro atoms. The van der Waals surface area contributed by atoms with E-state index in [1.807, 2.05) is 21.1 Å². The highest BCUT2D eigenvalue weighted by Gasteiger charge is 2.26. The maximum atomic E-state index is 12.1. The van der Waals surface area contributed by atoms with Gasteiger partial charge in [0, 0.05) is 13.7 Å². The normalized spacial score (nSPS) is 14.4. The van der Waals surface area contributed by atoms with Crippen LogP contribution in [0.15, 0.2) is 0 Å². The molecule has 9 nitrogen and oxygen atoms in total. The molecule has 0 aliphatic rings. The van der Waals surface area contributed by atoms with Crippen molar-refractivity contribution in [2.24, 2.45) is 0 Å². The van der Waals surface area contributed by atoms with E-state index in [1.54, 1.807) is 0 Å². The van der Waals surface area contributed by atoms with Crippen molar-refractivity contribution in [3.63, 3.8) is 0 Å². The van der Waals surface area contributed by atoms with Crippen LogP contribution in [-0.4, -0.2) is 82.7 Å². The van der Waals surface area contributed by atoms with Crippen molar-refractivity contribution < 1.29 is 37.3 Å². The monoisotopic (exact) mass is 539 g/mol. The molecule has 0 aromatic rings. The number of nitrogens with one attached hydrogen (secondary N) is 1. The number of alkyl carbamates (subject to hydrolysis) is 1. The highest BCUT2D eigenvalue weighted by Crippen LogP contribution is 2.43. The molecule has 0 aromatic carbocycles. The van der Waals surface area contributed by atoms with E-state index in [4.69, 9.17) is 18.5 Å². The molecule has 0 fully saturated rings. The van der Waals surface area contributed by atoms with Gasteiger partial charge in [0.25, 0.3) is 0 Å². The fourth-order valence-corrected chi connectivity index (χ4v) is 4.33. The van der Waals surface area contributed by atoms with Gasteiger partial charge in [0.1, 0.15) is 13.2 Å². The molecule has 1 amide bonds. The van der Waals surface area contributed by atoms with Gasteiger partial charge < -0.3 is 24.2 Å². The van der Waals surface area contributed by atoms with Crippen molar-refractivity contribution in [2.45, 2.75) is 103 Å². The minimum absolute atomic E-state index is 0.0773. The van der Waals surface area contributed by atoms with Gasteiger partial charge in [-0.1, -0.05) is 90.4 Å². The summed E-state index contributed by atoms with van der Waals surface area (Å²) in [4.78, 5) is 21.5. The molecule has 0 heterocycles. The summed E-state index contributed by atoms with van der Waals surface area (Å²) in [7, 11) is 3.07. The third-order valence-corrected chi connectivity index (χ3v) is 6.85. The maximum Gasteiger partial charge on any atom is 0.472 e. The summed E-state index contributed by atoms with van der Waals surface area (Å²) in [6, 6.07) is 0. The lowest BCUT2D eigenvalue weighted by molar-refractivity contribution is -0.870. The summed E-state index contributed by atoms with van der Waals surface area (Å²) in [6.07, 6.45) is 16.6. The van der Waals surface area contributed by atoms with Crippen LogP contribution >= 0.6 is 7.82 Å². The van der Waals surface area contributed by atoms with Crippen molar-refractivity contribution in [1.29, 1.82) is 0 Å². The number of ether oxygens (including phenoxy) is 2. The summed E-state index contributed by atoms with van der Waals surface area (Å²) >= 11 is 0. The van der Waals surface area contributed by atoms with E-state index in [-0.39, 0.29) is 19.8 Å². The van der Waals surface area contributed by atoms with Gasteiger partial charge in [-0.3, -0.25) is 9.05 Å². The van der Waals surface area contributed by atoms with Gasteiger partial charge in [-0.05, 0) is 6.42 Å². The molecule has 0 saturated carbocycles. The Bertz CT molecular complexity index is 573. The quantitative estimate of drug-likeness (QED) is 0.0827. The second-order valence-corrected chi connectivity index (χ2v) is 12.0. The topological polar surface area (TPSA) is 103 Å². The third kappa shape index (κ3) is 25.0. The number of nitrogens with zero attached hydrogens (tertiary/aromatic N) is 1. The molecule has 10 heteroatoms. The zero-order chi connectivity index (χ0) is 27.1. The molecule has 0 saturated heterocycles. The Kier molecular flexibility index (Phi) is 21.9. The molecule has 0 radical (unpaired) electrons. The van der Waals surface area contributed by atoms with E-state index in [0.717, 1.165) is 12.8 Å². The molecule has 0 bridgehead atoms. The standard InChI is InChI=1S/C26H55N2O7P/c1-6-7-8-9-10-11-12-13-14-15-16-17-18-19-21-32-23-25(35-26(29)27-2)24-34-36(30,31)33-22-20-28(3,4)5/h25H,6-24H2,1-5H3,(H-,27,29,30,31)/p+1.